The van der Waals surface area contributed by atoms with Crippen LogP contribution in [0.4, 0.5) is 13.2 Å². The van der Waals surface area contributed by atoms with Crippen LogP contribution in [0.15, 0.2) is 108 Å². The predicted molar refractivity (Wildman–Crippen MR) is 126 cm³/mol. The highest BCUT2D eigenvalue weighted by Crippen LogP contribution is 2.44. The number of aliphatic hydroxyl groups is 1. The lowest BCUT2D eigenvalue weighted by atomic mass is 9.87. The molecule has 0 saturated heterocycles. The average molecular weight is 501 g/mol. The van der Waals surface area contributed by atoms with Crippen molar-refractivity contribution in [2.24, 2.45) is 0 Å². The molecule has 1 heterocycles. The monoisotopic (exact) mass is 500 g/mol. The number of halogens is 3. The maximum Gasteiger partial charge on any atom is 0.425 e. The fraction of sp³-hybridized carbons (Fsp3) is 0.154. The lowest BCUT2D eigenvalue weighted by Crippen LogP contribution is -2.43. The topological polar surface area (TPSA) is 71.3 Å². The number of rotatable bonds is 8. The van der Waals surface area contributed by atoms with Crippen molar-refractivity contribution in [3.63, 3.8) is 0 Å². The third kappa shape index (κ3) is 5.32. The van der Waals surface area contributed by atoms with Gasteiger partial charge in [0.25, 0.3) is 0 Å². The van der Waals surface area contributed by atoms with E-state index in [0.29, 0.717) is 12.1 Å². The maximum atomic E-state index is 14.2. The number of nitrogens with one attached hydrogen (secondary N) is 1. The molecule has 0 saturated carbocycles. The average Bonchev–Trinajstić information content (AvgIpc) is 3.32. The summed E-state index contributed by atoms with van der Waals surface area (Å²) in [5.41, 5.74) is -2.54. The van der Waals surface area contributed by atoms with Crippen LogP contribution in [0.5, 0.6) is 0 Å². The molecule has 3 aromatic carbocycles. The van der Waals surface area contributed by atoms with Gasteiger partial charge in [-0.2, -0.15) is 13.2 Å². The first-order valence-corrected chi connectivity index (χ1v) is 12.2. The Bertz CT molecular complexity index is 1370. The first-order chi connectivity index (χ1) is 16.6. The van der Waals surface area contributed by atoms with Crippen LogP contribution in [0, 0.1) is 0 Å². The first-order valence-electron chi connectivity index (χ1n) is 10.7. The zero-order chi connectivity index (χ0) is 25.1. The Balaban J connectivity index is 1.55. The fourth-order valence-corrected chi connectivity index (χ4v) is 4.81. The summed E-state index contributed by atoms with van der Waals surface area (Å²) < 4.78 is 71.2. The molecule has 0 fully saturated rings. The van der Waals surface area contributed by atoms with E-state index in [1.807, 2.05) is 30.3 Å². The lowest BCUT2D eigenvalue weighted by Gasteiger charge is -2.30. The number of benzene rings is 3. The minimum absolute atomic E-state index is 0.0862. The van der Waals surface area contributed by atoms with Crippen molar-refractivity contribution >= 4 is 10.0 Å². The van der Waals surface area contributed by atoms with Crippen molar-refractivity contribution in [1.82, 2.24) is 9.29 Å². The van der Waals surface area contributed by atoms with E-state index in [-0.39, 0.29) is 22.6 Å². The van der Waals surface area contributed by atoms with E-state index >= 15 is 0 Å². The van der Waals surface area contributed by atoms with Gasteiger partial charge in [-0.05, 0) is 34.9 Å². The summed E-state index contributed by atoms with van der Waals surface area (Å²) in [4.78, 5) is 0.0862. The van der Waals surface area contributed by atoms with Crippen molar-refractivity contribution in [1.29, 1.82) is 0 Å². The quantitative estimate of drug-likeness (QED) is 0.365. The molecule has 0 aliphatic heterocycles. The van der Waals surface area contributed by atoms with Gasteiger partial charge in [0.05, 0.1) is 4.90 Å². The van der Waals surface area contributed by atoms with Gasteiger partial charge < -0.3 is 9.67 Å². The molecule has 0 aliphatic rings. The van der Waals surface area contributed by atoms with Crippen LogP contribution in [-0.4, -0.2) is 24.3 Å². The molecule has 9 heteroatoms. The summed E-state index contributed by atoms with van der Waals surface area (Å²) in [6.45, 7) is 0.241. The Morgan fingerprint density at radius 1 is 0.771 bits per heavy atom. The van der Waals surface area contributed by atoms with Gasteiger partial charge in [-0.3, -0.25) is 0 Å². The molecule has 0 radical (unpaired) electrons. The molecular formula is C26H23F3N2O3S. The van der Waals surface area contributed by atoms with E-state index < -0.39 is 21.8 Å². The molecule has 182 valence electrons. The van der Waals surface area contributed by atoms with Gasteiger partial charge in [-0.15, -0.1) is 0 Å². The van der Waals surface area contributed by atoms with Crippen LogP contribution >= 0.6 is 0 Å². The van der Waals surface area contributed by atoms with Crippen LogP contribution in [0.25, 0.3) is 0 Å². The third-order valence-corrected chi connectivity index (χ3v) is 7.10. The second kappa shape index (κ2) is 9.69. The van der Waals surface area contributed by atoms with Crippen LogP contribution in [0.3, 0.4) is 0 Å². The van der Waals surface area contributed by atoms with E-state index in [1.54, 1.807) is 22.8 Å². The molecule has 0 bridgehead atoms. The number of hydrogen-bond donors (Lipinski definition) is 2. The highest BCUT2D eigenvalue weighted by atomic mass is 32.2. The molecule has 1 atom stereocenters. The molecule has 0 spiro atoms. The molecule has 1 unspecified atom stereocenters. The van der Waals surface area contributed by atoms with Gasteiger partial charge in [0, 0.05) is 31.0 Å². The molecule has 35 heavy (non-hydrogen) atoms. The minimum atomic E-state index is -4.98. The Kier molecular flexibility index (Phi) is 6.84. The molecule has 4 aromatic rings. The van der Waals surface area contributed by atoms with Crippen molar-refractivity contribution in [2.75, 3.05) is 0 Å². The Hall–Kier alpha value is -3.40. The van der Waals surface area contributed by atoms with E-state index in [1.165, 1.54) is 42.7 Å². The second-order valence-corrected chi connectivity index (χ2v) is 9.87. The Labute approximate surface area is 201 Å². The summed E-state index contributed by atoms with van der Waals surface area (Å²) in [5.74, 6) is 0. The van der Waals surface area contributed by atoms with Gasteiger partial charge in [0.1, 0.15) is 0 Å². The van der Waals surface area contributed by atoms with Crippen molar-refractivity contribution < 1.29 is 26.7 Å². The number of nitrogens with zero attached hydrogens (tertiary/aromatic N) is 1. The summed E-state index contributed by atoms with van der Waals surface area (Å²) in [6.07, 6.45) is -2.21. The first kappa shape index (κ1) is 24.7. The summed E-state index contributed by atoms with van der Waals surface area (Å²) >= 11 is 0. The molecule has 4 rings (SSSR count). The number of alkyl halides is 3. The predicted octanol–water partition coefficient (Wildman–Crippen LogP) is 4.81. The summed E-state index contributed by atoms with van der Waals surface area (Å²) in [7, 11) is -3.77. The van der Waals surface area contributed by atoms with Gasteiger partial charge >= 0.3 is 6.18 Å². The Morgan fingerprint density at radius 3 is 1.97 bits per heavy atom. The fourth-order valence-electron chi connectivity index (χ4n) is 3.77. The van der Waals surface area contributed by atoms with Crippen molar-refractivity contribution in [2.45, 2.75) is 29.8 Å². The highest BCUT2D eigenvalue weighted by Gasteiger charge is 2.56. The Morgan fingerprint density at radius 2 is 1.37 bits per heavy atom. The van der Waals surface area contributed by atoms with E-state index in [2.05, 4.69) is 4.72 Å². The second-order valence-electron chi connectivity index (χ2n) is 8.10. The van der Waals surface area contributed by atoms with Crippen LogP contribution in [0.2, 0.25) is 0 Å². The number of aromatic nitrogens is 1. The molecular weight excluding hydrogens is 477 g/mol. The number of sulfonamides is 1. The van der Waals surface area contributed by atoms with Gasteiger partial charge in [-0.25, -0.2) is 13.1 Å². The standard InChI is InChI=1S/C26H23F3N2O3S/c27-26(28,29)25(32,23-15-16-31(19-23)18-21-7-3-1-4-8-21)22-13-11-20(12-14-22)17-30-35(33,34)24-9-5-2-6-10-24/h1-16,19,30,32H,17-18H2. The smallest absolute Gasteiger partial charge is 0.372 e. The summed E-state index contributed by atoms with van der Waals surface area (Å²) in [5, 5.41) is 10.9. The van der Waals surface area contributed by atoms with Crippen molar-refractivity contribution in [3.05, 3.63) is 126 Å². The van der Waals surface area contributed by atoms with Gasteiger partial charge in [0.15, 0.2) is 0 Å². The zero-order valence-corrected chi connectivity index (χ0v) is 19.3. The molecule has 2 N–H and O–H groups in total. The SMILES string of the molecule is O=S(=O)(NCc1ccc(C(O)(c2ccn(Cc3ccccc3)c2)C(F)(F)F)cc1)c1ccccc1. The maximum absolute atomic E-state index is 14.2. The van der Waals surface area contributed by atoms with E-state index in [0.717, 1.165) is 17.7 Å². The van der Waals surface area contributed by atoms with Gasteiger partial charge in [0.2, 0.25) is 15.6 Å². The summed E-state index contributed by atoms with van der Waals surface area (Å²) in [6, 6.07) is 23.3. The minimum Gasteiger partial charge on any atom is -0.372 e. The number of hydrogen-bond acceptors (Lipinski definition) is 3. The van der Waals surface area contributed by atoms with Crippen molar-refractivity contribution in [3.8, 4) is 0 Å². The molecule has 1 aromatic heterocycles. The normalized spacial score (nSPS) is 13.9. The molecule has 0 aliphatic carbocycles. The van der Waals surface area contributed by atoms with E-state index in [9.17, 15) is 26.7 Å². The highest BCUT2D eigenvalue weighted by molar-refractivity contribution is 7.89. The lowest BCUT2D eigenvalue weighted by molar-refractivity contribution is -0.248. The van der Waals surface area contributed by atoms with Crippen LogP contribution < -0.4 is 4.72 Å². The molecule has 0 amide bonds. The third-order valence-electron chi connectivity index (χ3n) is 5.68. The zero-order valence-electron chi connectivity index (χ0n) is 18.5. The largest absolute Gasteiger partial charge is 0.425 e. The van der Waals surface area contributed by atoms with E-state index in [4.69, 9.17) is 0 Å². The van der Waals surface area contributed by atoms with Crippen LogP contribution in [0.1, 0.15) is 22.3 Å². The van der Waals surface area contributed by atoms with Crippen LogP contribution in [-0.2, 0) is 28.7 Å². The molecule has 5 nitrogen and oxygen atoms in total. The van der Waals surface area contributed by atoms with Gasteiger partial charge in [-0.1, -0.05) is 72.8 Å².